The van der Waals surface area contributed by atoms with E-state index in [0.717, 1.165) is 5.56 Å². The molecule has 0 bridgehead atoms. The largest absolute Gasteiger partial charge is 0.457 e. The summed E-state index contributed by atoms with van der Waals surface area (Å²) in [5.74, 6) is 0.352. The maximum Gasteiger partial charge on any atom is 0.244 e. The van der Waals surface area contributed by atoms with Crippen molar-refractivity contribution < 1.29 is 23.2 Å². The van der Waals surface area contributed by atoms with Crippen LogP contribution in [0.5, 0.6) is 11.5 Å². The zero-order chi connectivity index (χ0) is 23.4. The number of hydrogen-bond donors (Lipinski definition) is 2. The van der Waals surface area contributed by atoms with Gasteiger partial charge in [-0.1, -0.05) is 17.7 Å². The summed E-state index contributed by atoms with van der Waals surface area (Å²) in [6.45, 7) is 7.27. The first-order chi connectivity index (χ1) is 15.2. The second kappa shape index (κ2) is 11.4. The summed E-state index contributed by atoms with van der Waals surface area (Å²) in [6.07, 6.45) is 2.01. The number of likely N-dealkylation sites (tertiary alicyclic amines) is 1. The lowest BCUT2D eigenvalue weighted by molar-refractivity contribution is -0.130. The Bertz CT molecular complexity index is 1080. The van der Waals surface area contributed by atoms with Gasteiger partial charge in [-0.05, 0) is 80.9 Å². The van der Waals surface area contributed by atoms with Gasteiger partial charge in [-0.3, -0.25) is 14.9 Å². The maximum atomic E-state index is 13.6. The molecule has 0 atom stereocenters. The van der Waals surface area contributed by atoms with Crippen molar-refractivity contribution in [3.63, 3.8) is 0 Å². The highest BCUT2D eigenvalue weighted by Crippen LogP contribution is 2.39. The Hall–Kier alpha value is -2.10. The van der Waals surface area contributed by atoms with Gasteiger partial charge in [0.2, 0.25) is 5.91 Å². The van der Waals surface area contributed by atoms with Crippen LogP contribution in [0.2, 0.25) is 5.02 Å². The van der Waals surface area contributed by atoms with E-state index >= 15 is 0 Å². The van der Waals surface area contributed by atoms with Crippen LogP contribution in [0.4, 0.5) is 0 Å². The summed E-state index contributed by atoms with van der Waals surface area (Å²) in [5.41, 5.74) is 2.45. The summed E-state index contributed by atoms with van der Waals surface area (Å²) >= 11 is 6.04. The molecule has 1 saturated heterocycles. The number of nitrogens with zero attached hydrogens (tertiary/aromatic N) is 1. The van der Waals surface area contributed by atoms with Gasteiger partial charge in [0, 0.05) is 18.0 Å². The van der Waals surface area contributed by atoms with E-state index in [2.05, 4.69) is 11.5 Å². The highest BCUT2D eigenvalue weighted by Gasteiger charge is 2.48. The molecule has 0 aromatic heterocycles. The predicted octanol–water partition coefficient (Wildman–Crippen LogP) is 4.55. The van der Waals surface area contributed by atoms with E-state index in [9.17, 15) is 13.2 Å². The fourth-order valence-electron chi connectivity index (χ4n) is 3.95. The molecular formula is C23H28Cl2N2O5S. The topological polar surface area (TPSA) is 95.9 Å². The molecule has 0 aliphatic carbocycles. The zero-order valence-corrected chi connectivity index (χ0v) is 20.7. The molecule has 2 aromatic carbocycles. The number of carbonyl (C=O) groups is 1. The molecule has 33 heavy (non-hydrogen) atoms. The maximum absolute atomic E-state index is 13.6. The fraction of sp³-hybridized carbons (Fsp3) is 0.348. The van der Waals surface area contributed by atoms with Gasteiger partial charge in [-0.2, -0.15) is 0 Å². The summed E-state index contributed by atoms with van der Waals surface area (Å²) in [5, 5.41) is 9.66. The van der Waals surface area contributed by atoms with Gasteiger partial charge in [0.15, 0.2) is 9.84 Å². The van der Waals surface area contributed by atoms with Gasteiger partial charge in [-0.25, -0.2) is 13.9 Å². The molecule has 1 aliphatic heterocycles. The highest BCUT2D eigenvalue weighted by molar-refractivity contribution is 7.92. The van der Waals surface area contributed by atoms with Gasteiger partial charge >= 0.3 is 0 Å². The normalized spacial score (nSPS) is 15.8. The molecule has 0 saturated carbocycles. The van der Waals surface area contributed by atoms with E-state index in [1.807, 2.05) is 6.92 Å². The Labute approximate surface area is 205 Å². The third-order valence-corrected chi connectivity index (χ3v) is 8.84. The lowest BCUT2D eigenvalue weighted by atomic mass is 9.92. The predicted molar refractivity (Wildman–Crippen MR) is 130 cm³/mol. The minimum atomic E-state index is -3.87. The van der Waals surface area contributed by atoms with E-state index in [1.54, 1.807) is 41.9 Å². The van der Waals surface area contributed by atoms with Crippen LogP contribution in [0.1, 0.15) is 24.8 Å². The smallest absolute Gasteiger partial charge is 0.244 e. The number of benzene rings is 2. The lowest BCUT2D eigenvalue weighted by Gasteiger charge is -2.40. The van der Waals surface area contributed by atoms with Crippen LogP contribution in [0.25, 0.3) is 0 Å². The second-order valence-corrected chi connectivity index (χ2v) is 10.7. The number of halogens is 2. The van der Waals surface area contributed by atoms with Gasteiger partial charge in [0.25, 0.3) is 0 Å². The van der Waals surface area contributed by atoms with Crippen LogP contribution >= 0.6 is 24.0 Å². The van der Waals surface area contributed by atoms with Crippen molar-refractivity contribution in [3.8, 4) is 11.5 Å². The molecule has 3 rings (SSSR count). The number of nitrogens with one attached hydrogen (secondary N) is 1. The first-order valence-electron chi connectivity index (χ1n) is 10.3. The highest BCUT2D eigenvalue weighted by atomic mass is 35.5. The average Bonchev–Trinajstić information content (AvgIpc) is 2.78. The van der Waals surface area contributed by atoms with Crippen molar-refractivity contribution in [2.75, 3.05) is 19.6 Å². The fourth-order valence-corrected chi connectivity index (χ4v) is 6.11. The quantitative estimate of drug-likeness (QED) is 0.304. The standard InChI is InChI=1S/C23H27ClN2O5S.ClH/c1-3-12-26-13-10-23(11-14-26,16-22(27)25-28)32(29,30)20-7-4-18(5-8-20)31-19-6-9-21(24)17(2)15-19;/h3-9,15,28H,1,10-14,16H2,2H3,(H,25,27);1H. The molecule has 180 valence electrons. The molecule has 1 amide bonds. The second-order valence-electron chi connectivity index (χ2n) is 7.97. The average molecular weight is 515 g/mol. The molecule has 0 radical (unpaired) electrons. The lowest BCUT2D eigenvalue weighted by Crippen LogP contribution is -2.51. The SMILES string of the molecule is C=CCN1CCC(CC(=O)NO)(S(=O)(=O)c2ccc(Oc3ccc(Cl)c(C)c3)cc2)CC1.Cl. The number of rotatable bonds is 8. The van der Waals surface area contributed by atoms with Crippen LogP contribution < -0.4 is 10.2 Å². The van der Waals surface area contributed by atoms with Crippen LogP contribution in [-0.4, -0.2) is 48.8 Å². The van der Waals surface area contributed by atoms with Gasteiger partial charge in [0.1, 0.15) is 11.5 Å². The van der Waals surface area contributed by atoms with Crippen molar-refractivity contribution >= 4 is 39.8 Å². The first-order valence-corrected chi connectivity index (χ1v) is 12.1. The molecule has 7 nitrogen and oxygen atoms in total. The summed E-state index contributed by atoms with van der Waals surface area (Å²) in [7, 11) is -3.87. The third-order valence-electron chi connectivity index (χ3n) is 5.83. The van der Waals surface area contributed by atoms with E-state index < -0.39 is 20.5 Å². The Morgan fingerprint density at radius 2 is 1.82 bits per heavy atom. The number of piperidine rings is 1. The molecule has 0 spiro atoms. The van der Waals surface area contributed by atoms with Gasteiger partial charge < -0.3 is 4.74 Å². The number of hydroxylamine groups is 1. The van der Waals surface area contributed by atoms with E-state index in [0.29, 0.717) is 36.2 Å². The summed E-state index contributed by atoms with van der Waals surface area (Å²) in [4.78, 5) is 14.2. The molecule has 2 aromatic rings. The number of sulfone groups is 1. The molecule has 1 heterocycles. The number of carbonyl (C=O) groups excluding carboxylic acids is 1. The number of aryl methyl sites for hydroxylation is 1. The van der Waals surface area contributed by atoms with Gasteiger partial charge in [0.05, 0.1) is 9.64 Å². The van der Waals surface area contributed by atoms with E-state index in [4.69, 9.17) is 21.5 Å². The molecule has 0 unspecified atom stereocenters. The van der Waals surface area contributed by atoms with Crippen LogP contribution in [0.15, 0.2) is 60.0 Å². The van der Waals surface area contributed by atoms with Crippen LogP contribution in [-0.2, 0) is 14.6 Å². The minimum Gasteiger partial charge on any atom is -0.457 e. The molecule has 10 heteroatoms. The molecule has 2 N–H and O–H groups in total. The number of hydrogen-bond acceptors (Lipinski definition) is 6. The van der Waals surface area contributed by atoms with E-state index in [1.165, 1.54) is 12.1 Å². The van der Waals surface area contributed by atoms with Crippen molar-refractivity contribution in [1.82, 2.24) is 10.4 Å². The Kier molecular flexibility index (Phi) is 9.34. The number of amides is 1. The minimum absolute atomic E-state index is 0. The van der Waals surface area contributed by atoms with E-state index in [-0.39, 0.29) is 36.6 Å². The number of ether oxygens (including phenoxy) is 1. The Morgan fingerprint density at radius 3 is 2.36 bits per heavy atom. The Morgan fingerprint density at radius 1 is 1.21 bits per heavy atom. The Balaban J connectivity index is 0.00000385. The van der Waals surface area contributed by atoms with Crippen molar-refractivity contribution in [3.05, 3.63) is 65.7 Å². The van der Waals surface area contributed by atoms with Crippen molar-refractivity contribution in [2.24, 2.45) is 0 Å². The monoisotopic (exact) mass is 514 g/mol. The summed E-state index contributed by atoms with van der Waals surface area (Å²) in [6, 6.07) is 11.4. The van der Waals surface area contributed by atoms with Crippen molar-refractivity contribution in [1.29, 1.82) is 0 Å². The summed E-state index contributed by atoms with van der Waals surface area (Å²) < 4.78 is 31.8. The van der Waals surface area contributed by atoms with Crippen LogP contribution in [0.3, 0.4) is 0 Å². The molecular weight excluding hydrogens is 487 g/mol. The molecule has 1 fully saturated rings. The van der Waals surface area contributed by atoms with Crippen molar-refractivity contribution in [2.45, 2.75) is 35.8 Å². The third kappa shape index (κ3) is 6.07. The zero-order valence-electron chi connectivity index (χ0n) is 18.3. The van der Waals surface area contributed by atoms with Crippen LogP contribution in [0, 0.1) is 6.92 Å². The van der Waals surface area contributed by atoms with Gasteiger partial charge in [-0.15, -0.1) is 19.0 Å². The molecule has 1 aliphatic rings. The first kappa shape index (κ1) is 27.1.